The maximum atomic E-state index is 12.1. The molecule has 8 heteroatoms. The number of hydrogen-bond acceptors (Lipinski definition) is 7. The summed E-state index contributed by atoms with van der Waals surface area (Å²) in [6.45, 7) is 0.0709. The molecule has 138 valence electrons. The van der Waals surface area contributed by atoms with Crippen molar-refractivity contribution in [3.63, 3.8) is 0 Å². The Kier molecular flexibility index (Phi) is 5.15. The van der Waals surface area contributed by atoms with E-state index in [-0.39, 0.29) is 19.3 Å². The lowest BCUT2D eigenvalue weighted by atomic mass is 10.1. The Morgan fingerprint density at radius 1 is 1.07 bits per heavy atom. The van der Waals surface area contributed by atoms with Crippen molar-refractivity contribution in [1.82, 2.24) is 10.2 Å². The van der Waals surface area contributed by atoms with E-state index in [4.69, 9.17) is 14.2 Å². The van der Waals surface area contributed by atoms with Crippen molar-refractivity contribution in [3.8, 4) is 17.2 Å². The minimum atomic E-state index is -0.293. The standard InChI is InChI=1S/C19H17N3O4S/c23-17(11-24-14-7-8-15-16(10-14)26-12-25-15)20-19-22-21-18(27-19)9-6-13-4-2-1-3-5-13/h1-5,7-8,10H,6,9,11-12H2,(H,20,22,23). The highest BCUT2D eigenvalue weighted by atomic mass is 32.1. The van der Waals surface area contributed by atoms with Crippen LogP contribution in [-0.2, 0) is 17.6 Å². The lowest BCUT2D eigenvalue weighted by molar-refractivity contribution is -0.118. The topological polar surface area (TPSA) is 82.6 Å². The van der Waals surface area contributed by atoms with Crippen molar-refractivity contribution < 1.29 is 19.0 Å². The number of anilines is 1. The van der Waals surface area contributed by atoms with E-state index < -0.39 is 0 Å². The van der Waals surface area contributed by atoms with Crippen molar-refractivity contribution in [2.24, 2.45) is 0 Å². The number of rotatable bonds is 7. The Balaban J connectivity index is 1.25. The van der Waals surface area contributed by atoms with Gasteiger partial charge in [0.15, 0.2) is 18.1 Å². The zero-order valence-corrected chi connectivity index (χ0v) is 15.2. The first-order chi connectivity index (χ1) is 13.3. The molecule has 1 aliphatic heterocycles. The van der Waals surface area contributed by atoms with Crippen LogP contribution in [0.5, 0.6) is 17.2 Å². The molecular weight excluding hydrogens is 366 g/mol. The minimum Gasteiger partial charge on any atom is -0.484 e. The lowest BCUT2D eigenvalue weighted by Gasteiger charge is -2.06. The highest BCUT2D eigenvalue weighted by Gasteiger charge is 2.15. The summed E-state index contributed by atoms with van der Waals surface area (Å²) in [5.41, 5.74) is 1.25. The molecule has 1 aliphatic rings. The summed E-state index contributed by atoms with van der Waals surface area (Å²) >= 11 is 1.37. The van der Waals surface area contributed by atoms with Crippen LogP contribution in [-0.4, -0.2) is 29.5 Å². The molecule has 0 aliphatic carbocycles. The van der Waals surface area contributed by atoms with E-state index in [1.54, 1.807) is 18.2 Å². The lowest BCUT2D eigenvalue weighted by Crippen LogP contribution is -2.20. The van der Waals surface area contributed by atoms with Gasteiger partial charge in [-0.2, -0.15) is 0 Å². The minimum absolute atomic E-state index is 0.126. The number of carbonyl (C=O) groups is 1. The molecule has 0 atom stereocenters. The molecule has 1 amide bonds. The Bertz CT molecular complexity index is 930. The van der Waals surface area contributed by atoms with Gasteiger partial charge in [-0.25, -0.2) is 0 Å². The van der Waals surface area contributed by atoms with Gasteiger partial charge in [0.25, 0.3) is 5.91 Å². The van der Waals surface area contributed by atoms with E-state index in [1.165, 1.54) is 16.9 Å². The summed E-state index contributed by atoms with van der Waals surface area (Å²) < 4.78 is 16.0. The number of nitrogens with zero attached hydrogens (tertiary/aromatic N) is 2. The molecule has 0 bridgehead atoms. The van der Waals surface area contributed by atoms with Gasteiger partial charge >= 0.3 is 0 Å². The van der Waals surface area contributed by atoms with Gasteiger partial charge in [0.05, 0.1) is 0 Å². The predicted molar refractivity (Wildman–Crippen MR) is 100 cm³/mol. The molecule has 7 nitrogen and oxygen atoms in total. The largest absolute Gasteiger partial charge is 0.484 e. The summed E-state index contributed by atoms with van der Waals surface area (Å²) in [4.78, 5) is 12.1. The second-order valence-corrected chi connectivity index (χ2v) is 6.90. The number of aromatic nitrogens is 2. The Morgan fingerprint density at radius 3 is 2.81 bits per heavy atom. The monoisotopic (exact) mass is 383 g/mol. The maximum Gasteiger partial charge on any atom is 0.264 e. The summed E-state index contributed by atoms with van der Waals surface area (Å²) in [6.07, 6.45) is 1.67. The van der Waals surface area contributed by atoms with Crippen LogP contribution < -0.4 is 19.5 Å². The Hall–Kier alpha value is -3.13. The fourth-order valence-corrected chi connectivity index (χ4v) is 3.33. The third kappa shape index (κ3) is 4.53. The van der Waals surface area contributed by atoms with E-state index in [0.717, 1.165) is 17.8 Å². The smallest absolute Gasteiger partial charge is 0.264 e. The van der Waals surface area contributed by atoms with E-state index >= 15 is 0 Å². The van der Waals surface area contributed by atoms with Crippen molar-refractivity contribution in [2.75, 3.05) is 18.7 Å². The van der Waals surface area contributed by atoms with E-state index in [1.807, 2.05) is 18.2 Å². The van der Waals surface area contributed by atoms with Gasteiger partial charge in [-0.05, 0) is 24.1 Å². The second-order valence-electron chi connectivity index (χ2n) is 5.84. The normalized spacial score (nSPS) is 12.0. The Labute approximate surface area is 159 Å². The van der Waals surface area contributed by atoms with Crippen LogP contribution in [0.3, 0.4) is 0 Å². The van der Waals surface area contributed by atoms with Crippen LogP contribution in [0.2, 0.25) is 0 Å². The van der Waals surface area contributed by atoms with Crippen LogP contribution in [0.1, 0.15) is 10.6 Å². The van der Waals surface area contributed by atoms with E-state index in [9.17, 15) is 4.79 Å². The SMILES string of the molecule is O=C(COc1ccc2c(c1)OCO2)Nc1nnc(CCc2ccccc2)s1. The van der Waals surface area contributed by atoms with Gasteiger partial charge in [-0.15, -0.1) is 10.2 Å². The van der Waals surface area contributed by atoms with Crippen LogP contribution in [0, 0.1) is 0 Å². The molecule has 0 spiro atoms. The molecule has 4 rings (SSSR count). The van der Waals surface area contributed by atoms with Gasteiger partial charge in [-0.3, -0.25) is 10.1 Å². The van der Waals surface area contributed by atoms with E-state index in [2.05, 4.69) is 27.6 Å². The number of fused-ring (bicyclic) bond motifs is 1. The van der Waals surface area contributed by atoms with Crippen LogP contribution in [0.4, 0.5) is 5.13 Å². The first-order valence-corrected chi connectivity index (χ1v) is 9.26. The molecule has 1 N–H and O–H groups in total. The quantitative estimate of drug-likeness (QED) is 0.675. The molecular formula is C19H17N3O4S. The number of benzene rings is 2. The highest BCUT2D eigenvalue weighted by molar-refractivity contribution is 7.15. The zero-order chi connectivity index (χ0) is 18.5. The number of amides is 1. The van der Waals surface area contributed by atoms with Gasteiger partial charge in [0.2, 0.25) is 11.9 Å². The fourth-order valence-electron chi connectivity index (χ4n) is 2.57. The fraction of sp³-hybridized carbons (Fsp3) is 0.211. The average Bonchev–Trinajstić information content (AvgIpc) is 3.34. The molecule has 0 saturated carbocycles. The van der Waals surface area contributed by atoms with Crippen molar-refractivity contribution in [1.29, 1.82) is 0 Å². The molecule has 0 radical (unpaired) electrons. The van der Waals surface area contributed by atoms with Crippen LogP contribution in [0.15, 0.2) is 48.5 Å². The van der Waals surface area contributed by atoms with Crippen molar-refractivity contribution in [3.05, 3.63) is 59.1 Å². The summed E-state index contributed by atoms with van der Waals surface area (Å²) in [7, 11) is 0. The van der Waals surface area contributed by atoms with Crippen LogP contribution >= 0.6 is 11.3 Å². The first kappa shape index (κ1) is 17.3. The maximum absolute atomic E-state index is 12.1. The Morgan fingerprint density at radius 2 is 1.93 bits per heavy atom. The van der Waals surface area contributed by atoms with E-state index in [0.29, 0.717) is 22.4 Å². The van der Waals surface area contributed by atoms with Crippen molar-refractivity contribution >= 4 is 22.4 Å². The molecule has 1 aromatic heterocycles. The zero-order valence-electron chi connectivity index (χ0n) is 14.4. The van der Waals surface area contributed by atoms with Gasteiger partial charge in [0, 0.05) is 12.5 Å². The molecule has 0 fully saturated rings. The summed E-state index contributed by atoms with van der Waals surface area (Å²) in [6, 6.07) is 15.4. The number of aryl methyl sites for hydroxylation is 2. The van der Waals surface area contributed by atoms with Gasteiger partial charge in [-0.1, -0.05) is 41.7 Å². The molecule has 0 unspecified atom stereocenters. The highest BCUT2D eigenvalue weighted by Crippen LogP contribution is 2.35. The third-order valence-electron chi connectivity index (χ3n) is 3.90. The summed E-state index contributed by atoms with van der Waals surface area (Å²) in [5, 5.41) is 12.2. The molecule has 0 saturated heterocycles. The number of ether oxygens (including phenoxy) is 3. The second kappa shape index (κ2) is 8.05. The molecule has 2 aromatic carbocycles. The van der Waals surface area contributed by atoms with Gasteiger partial charge in [0.1, 0.15) is 10.8 Å². The van der Waals surface area contributed by atoms with Gasteiger partial charge < -0.3 is 14.2 Å². The van der Waals surface area contributed by atoms with Crippen LogP contribution in [0.25, 0.3) is 0 Å². The number of carbonyl (C=O) groups excluding carboxylic acids is 1. The molecule has 3 aromatic rings. The predicted octanol–water partition coefficient (Wildman–Crippen LogP) is 3.07. The van der Waals surface area contributed by atoms with Crippen molar-refractivity contribution in [2.45, 2.75) is 12.8 Å². The molecule has 2 heterocycles. The average molecular weight is 383 g/mol. The number of nitrogens with one attached hydrogen (secondary N) is 1. The number of hydrogen-bond donors (Lipinski definition) is 1. The molecule has 27 heavy (non-hydrogen) atoms. The third-order valence-corrected chi connectivity index (χ3v) is 4.80. The summed E-state index contributed by atoms with van der Waals surface area (Å²) in [5.74, 6) is 1.53. The first-order valence-electron chi connectivity index (χ1n) is 8.45.